The van der Waals surface area contributed by atoms with Gasteiger partial charge >= 0.3 is 0 Å². The summed E-state index contributed by atoms with van der Waals surface area (Å²) >= 11 is 0. The predicted molar refractivity (Wildman–Crippen MR) is 130 cm³/mol. The third-order valence-corrected chi connectivity index (χ3v) is 5.66. The van der Waals surface area contributed by atoms with E-state index in [-0.39, 0.29) is 11.6 Å². The minimum Gasteiger partial charge on any atom is -0.496 e. The minimum atomic E-state index is -0.285. The monoisotopic (exact) mass is 462 g/mol. The number of nitrogens with one attached hydrogen (secondary N) is 1. The summed E-state index contributed by atoms with van der Waals surface area (Å²) in [4.78, 5) is 20.5. The van der Waals surface area contributed by atoms with Crippen LogP contribution in [0.25, 0.3) is 22.2 Å². The number of Topliss-reactive ketones (excluding diaryl/α,β-unsaturated/α-hetero) is 1. The third-order valence-electron chi connectivity index (χ3n) is 5.66. The molecule has 0 amide bonds. The standard InChI is InChI=1S/C26H27FN4O3/c1-5-34-24-13-18(6-7-19(24)17(3)32)22-14-25(30-15-29-22)28-10-11-31-16(2)12-20-23(33-4)9-8-21(27)26(20)31/h6-9,12-15H,5,10-11H2,1-4H3,(H,28,29,30). The average molecular weight is 463 g/mol. The van der Waals surface area contributed by atoms with Gasteiger partial charge in [-0.25, -0.2) is 14.4 Å². The molecule has 0 unspecified atom stereocenters. The van der Waals surface area contributed by atoms with Crippen LogP contribution in [0.15, 0.2) is 48.8 Å². The molecular formula is C26H27FN4O3. The Hall–Kier alpha value is -3.94. The number of nitrogens with zero attached hydrogens (tertiary/aromatic N) is 3. The first-order chi connectivity index (χ1) is 16.4. The van der Waals surface area contributed by atoms with Crippen molar-refractivity contribution in [2.24, 2.45) is 0 Å². The highest BCUT2D eigenvalue weighted by Crippen LogP contribution is 2.31. The first kappa shape index (κ1) is 23.2. The molecule has 34 heavy (non-hydrogen) atoms. The topological polar surface area (TPSA) is 78.3 Å². The van der Waals surface area contributed by atoms with E-state index in [2.05, 4.69) is 15.3 Å². The van der Waals surface area contributed by atoms with Gasteiger partial charge in [-0.2, -0.15) is 0 Å². The smallest absolute Gasteiger partial charge is 0.163 e. The number of ketones is 1. The summed E-state index contributed by atoms with van der Waals surface area (Å²) in [5, 5.41) is 4.04. The summed E-state index contributed by atoms with van der Waals surface area (Å²) < 4.78 is 27.5. The number of fused-ring (bicyclic) bond motifs is 1. The lowest BCUT2D eigenvalue weighted by Gasteiger charge is -2.12. The van der Waals surface area contributed by atoms with Crippen LogP contribution in [0.2, 0.25) is 0 Å². The lowest BCUT2D eigenvalue weighted by Crippen LogP contribution is -2.13. The second kappa shape index (κ2) is 9.91. The highest BCUT2D eigenvalue weighted by atomic mass is 19.1. The molecule has 0 spiro atoms. The average Bonchev–Trinajstić information content (AvgIpc) is 3.16. The molecule has 7 nitrogen and oxygen atoms in total. The number of aryl methyl sites for hydroxylation is 1. The summed E-state index contributed by atoms with van der Waals surface area (Å²) in [7, 11) is 1.58. The molecule has 176 valence electrons. The largest absolute Gasteiger partial charge is 0.496 e. The molecule has 1 N–H and O–H groups in total. The number of aromatic nitrogens is 3. The maximum Gasteiger partial charge on any atom is 0.163 e. The van der Waals surface area contributed by atoms with Gasteiger partial charge in [0.05, 0.1) is 30.5 Å². The Morgan fingerprint density at radius 1 is 1.12 bits per heavy atom. The Morgan fingerprint density at radius 3 is 2.68 bits per heavy atom. The van der Waals surface area contributed by atoms with E-state index in [0.29, 0.717) is 53.8 Å². The van der Waals surface area contributed by atoms with E-state index >= 15 is 0 Å². The third kappa shape index (κ3) is 4.57. The SMILES string of the molecule is CCOc1cc(-c2cc(NCCn3c(C)cc4c(OC)ccc(F)c43)ncn2)ccc1C(C)=O. The number of rotatable bonds is 9. The maximum atomic E-state index is 14.6. The van der Waals surface area contributed by atoms with E-state index in [1.807, 2.05) is 42.7 Å². The van der Waals surface area contributed by atoms with E-state index in [9.17, 15) is 9.18 Å². The van der Waals surface area contributed by atoms with Crippen molar-refractivity contribution in [1.29, 1.82) is 0 Å². The molecule has 0 aliphatic carbocycles. The molecule has 0 saturated carbocycles. The van der Waals surface area contributed by atoms with Crippen molar-refractivity contribution in [1.82, 2.24) is 14.5 Å². The summed E-state index contributed by atoms with van der Waals surface area (Å²) in [6, 6.07) is 12.2. The fourth-order valence-corrected chi connectivity index (χ4v) is 4.06. The first-order valence-corrected chi connectivity index (χ1v) is 11.1. The van der Waals surface area contributed by atoms with Crippen LogP contribution in [-0.2, 0) is 6.54 Å². The van der Waals surface area contributed by atoms with Gasteiger partial charge in [0.2, 0.25) is 0 Å². The quantitative estimate of drug-likeness (QED) is 0.342. The van der Waals surface area contributed by atoms with Gasteiger partial charge in [-0.1, -0.05) is 6.07 Å². The van der Waals surface area contributed by atoms with Crippen molar-refractivity contribution in [2.45, 2.75) is 27.3 Å². The van der Waals surface area contributed by atoms with Gasteiger partial charge in [0, 0.05) is 35.8 Å². The van der Waals surface area contributed by atoms with Gasteiger partial charge in [0.25, 0.3) is 0 Å². The van der Waals surface area contributed by atoms with E-state index in [1.165, 1.54) is 19.3 Å². The molecule has 0 fully saturated rings. The van der Waals surface area contributed by atoms with Crippen LogP contribution < -0.4 is 14.8 Å². The van der Waals surface area contributed by atoms with Crippen LogP contribution in [0.5, 0.6) is 11.5 Å². The fraction of sp³-hybridized carbons (Fsp3) is 0.269. The molecule has 0 aliphatic heterocycles. The molecule has 0 saturated heterocycles. The van der Waals surface area contributed by atoms with Crippen LogP contribution in [-0.4, -0.2) is 40.6 Å². The number of ether oxygens (including phenoxy) is 2. The van der Waals surface area contributed by atoms with Gasteiger partial charge in [0.1, 0.15) is 29.5 Å². The number of halogens is 1. The Kier molecular flexibility index (Phi) is 6.77. The summed E-state index contributed by atoms with van der Waals surface area (Å²) in [5.41, 5.74) is 3.53. The lowest BCUT2D eigenvalue weighted by atomic mass is 10.1. The lowest BCUT2D eigenvalue weighted by molar-refractivity contribution is 0.101. The molecule has 4 aromatic rings. The molecule has 0 atom stereocenters. The number of hydrogen-bond donors (Lipinski definition) is 1. The van der Waals surface area contributed by atoms with Crippen molar-refractivity contribution in [3.05, 3.63) is 65.9 Å². The van der Waals surface area contributed by atoms with Crippen molar-refractivity contribution in [2.75, 3.05) is 25.6 Å². The Morgan fingerprint density at radius 2 is 1.94 bits per heavy atom. The molecule has 0 bridgehead atoms. The molecule has 0 radical (unpaired) electrons. The van der Waals surface area contributed by atoms with E-state index < -0.39 is 0 Å². The Labute approximate surface area is 197 Å². The molecule has 2 heterocycles. The number of hydrogen-bond acceptors (Lipinski definition) is 6. The van der Waals surface area contributed by atoms with Crippen LogP contribution in [0.4, 0.5) is 10.2 Å². The second-order valence-corrected chi connectivity index (χ2v) is 7.86. The highest BCUT2D eigenvalue weighted by molar-refractivity contribution is 5.97. The normalized spacial score (nSPS) is 11.0. The highest BCUT2D eigenvalue weighted by Gasteiger charge is 2.15. The molecule has 0 aliphatic rings. The molecular weight excluding hydrogens is 435 g/mol. The van der Waals surface area contributed by atoms with Crippen LogP contribution in [0.1, 0.15) is 29.9 Å². The number of carbonyl (C=O) groups excluding carboxylic acids is 1. The van der Waals surface area contributed by atoms with Crippen LogP contribution in [0.3, 0.4) is 0 Å². The molecule has 2 aromatic heterocycles. The van der Waals surface area contributed by atoms with Gasteiger partial charge in [-0.3, -0.25) is 4.79 Å². The zero-order chi connectivity index (χ0) is 24.2. The summed E-state index contributed by atoms with van der Waals surface area (Å²) in [6.07, 6.45) is 1.48. The zero-order valence-electron chi connectivity index (χ0n) is 19.7. The van der Waals surface area contributed by atoms with Gasteiger partial charge in [-0.15, -0.1) is 0 Å². The summed E-state index contributed by atoms with van der Waals surface area (Å²) in [6.45, 7) is 6.87. The second-order valence-electron chi connectivity index (χ2n) is 7.86. The van der Waals surface area contributed by atoms with E-state index in [1.54, 1.807) is 19.2 Å². The fourth-order valence-electron chi connectivity index (χ4n) is 4.06. The molecule has 2 aromatic carbocycles. The van der Waals surface area contributed by atoms with Crippen molar-refractivity contribution >= 4 is 22.5 Å². The number of anilines is 1. The first-order valence-electron chi connectivity index (χ1n) is 11.1. The predicted octanol–water partition coefficient (Wildman–Crippen LogP) is 5.27. The molecule has 8 heteroatoms. The van der Waals surface area contributed by atoms with E-state index in [4.69, 9.17) is 9.47 Å². The van der Waals surface area contributed by atoms with Gasteiger partial charge < -0.3 is 19.4 Å². The van der Waals surface area contributed by atoms with Crippen LogP contribution in [0, 0.1) is 12.7 Å². The summed E-state index contributed by atoms with van der Waals surface area (Å²) in [5.74, 6) is 1.49. The van der Waals surface area contributed by atoms with Crippen molar-refractivity contribution < 1.29 is 18.7 Å². The van der Waals surface area contributed by atoms with Crippen LogP contribution >= 0.6 is 0 Å². The van der Waals surface area contributed by atoms with Gasteiger partial charge in [-0.05, 0) is 51.1 Å². The molecule has 4 rings (SSSR count). The van der Waals surface area contributed by atoms with Crippen molar-refractivity contribution in [3.8, 4) is 22.8 Å². The number of methoxy groups -OCH3 is 1. The number of benzene rings is 2. The number of carbonyl (C=O) groups is 1. The minimum absolute atomic E-state index is 0.0538. The Bertz CT molecular complexity index is 1350. The maximum absolute atomic E-state index is 14.6. The van der Waals surface area contributed by atoms with Gasteiger partial charge in [0.15, 0.2) is 5.78 Å². The van der Waals surface area contributed by atoms with Crippen molar-refractivity contribution in [3.63, 3.8) is 0 Å². The van der Waals surface area contributed by atoms with E-state index in [0.717, 1.165) is 16.6 Å². The Balaban J connectivity index is 1.53. The zero-order valence-corrected chi connectivity index (χ0v) is 19.7.